The summed E-state index contributed by atoms with van der Waals surface area (Å²) in [4.78, 5) is 18.3. The van der Waals surface area contributed by atoms with Crippen molar-refractivity contribution >= 4 is 23.6 Å². The SMILES string of the molecule is CCNC(=O)COc1cccc(CNC(=NC)N2CCSC(C)(C)C2)c1. The molecule has 0 saturated carbocycles. The van der Waals surface area contributed by atoms with E-state index in [2.05, 4.69) is 34.4 Å². The van der Waals surface area contributed by atoms with E-state index < -0.39 is 0 Å². The van der Waals surface area contributed by atoms with Crippen LogP contribution in [0, 0.1) is 0 Å². The second-order valence-electron chi connectivity index (χ2n) is 6.82. The van der Waals surface area contributed by atoms with Crippen molar-refractivity contribution in [1.82, 2.24) is 15.5 Å². The number of hydrogen-bond donors (Lipinski definition) is 2. The van der Waals surface area contributed by atoms with Gasteiger partial charge in [-0.2, -0.15) is 11.8 Å². The molecule has 2 N–H and O–H groups in total. The van der Waals surface area contributed by atoms with E-state index >= 15 is 0 Å². The number of benzene rings is 1. The highest BCUT2D eigenvalue weighted by Crippen LogP contribution is 2.29. The van der Waals surface area contributed by atoms with Crippen LogP contribution in [0.15, 0.2) is 29.3 Å². The largest absolute Gasteiger partial charge is 0.484 e. The van der Waals surface area contributed by atoms with Gasteiger partial charge in [0.15, 0.2) is 12.6 Å². The van der Waals surface area contributed by atoms with Crippen LogP contribution in [0.25, 0.3) is 0 Å². The summed E-state index contributed by atoms with van der Waals surface area (Å²) in [5.41, 5.74) is 1.09. The zero-order valence-corrected chi connectivity index (χ0v) is 17.0. The molecule has 1 amide bonds. The van der Waals surface area contributed by atoms with Crippen LogP contribution in [0.5, 0.6) is 5.75 Å². The normalized spacial score (nSPS) is 16.9. The molecule has 0 spiro atoms. The number of guanidine groups is 1. The third-order valence-corrected chi connectivity index (χ3v) is 5.33. The molecule has 0 unspecified atom stereocenters. The molecule has 1 fully saturated rings. The van der Waals surface area contributed by atoms with E-state index in [1.54, 1.807) is 0 Å². The molecule has 2 rings (SSSR count). The van der Waals surface area contributed by atoms with Gasteiger partial charge in [-0.3, -0.25) is 9.79 Å². The van der Waals surface area contributed by atoms with Crippen molar-refractivity contribution in [2.45, 2.75) is 32.1 Å². The van der Waals surface area contributed by atoms with E-state index in [0.29, 0.717) is 18.8 Å². The molecule has 1 aromatic rings. The summed E-state index contributed by atoms with van der Waals surface area (Å²) >= 11 is 2.01. The molecule has 1 heterocycles. The Kier molecular flexibility index (Phi) is 7.63. The lowest BCUT2D eigenvalue weighted by atomic mass is 10.2. The average Bonchev–Trinajstić information content (AvgIpc) is 2.60. The Balaban J connectivity index is 1.89. The number of hydrogen-bond acceptors (Lipinski definition) is 4. The van der Waals surface area contributed by atoms with Crippen LogP contribution in [0.1, 0.15) is 26.3 Å². The highest BCUT2D eigenvalue weighted by Gasteiger charge is 2.28. The van der Waals surface area contributed by atoms with Crippen LogP contribution in [-0.2, 0) is 11.3 Å². The Morgan fingerprint density at radius 3 is 2.88 bits per heavy atom. The maximum atomic E-state index is 11.5. The van der Waals surface area contributed by atoms with Gasteiger partial charge in [-0.05, 0) is 38.5 Å². The number of rotatable bonds is 6. The summed E-state index contributed by atoms with van der Waals surface area (Å²) in [7, 11) is 1.82. The molecule has 1 saturated heterocycles. The van der Waals surface area contributed by atoms with Crippen LogP contribution < -0.4 is 15.4 Å². The van der Waals surface area contributed by atoms with Crippen LogP contribution in [0.4, 0.5) is 0 Å². The zero-order chi connectivity index (χ0) is 19.0. The summed E-state index contributed by atoms with van der Waals surface area (Å²) in [5.74, 6) is 2.62. The maximum absolute atomic E-state index is 11.5. The highest BCUT2D eigenvalue weighted by atomic mass is 32.2. The fourth-order valence-electron chi connectivity index (χ4n) is 2.85. The van der Waals surface area contributed by atoms with Crippen LogP contribution >= 0.6 is 11.8 Å². The second-order valence-corrected chi connectivity index (χ2v) is 8.62. The lowest BCUT2D eigenvalue weighted by molar-refractivity contribution is -0.122. The van der Waals surface area contributed by atoms with E-state index in [1.165, 1.54) is 0 Å². The minimum Gasteiger partial charge on any atom is -0.484 e. The van der Waals surface area contributed by atoms with Crippen molar-refractivity contribution in [3.8, 4) is 5.75 Å². The minimum absolute atomic E-state index is 0.0346. The smallest absolute Gasteiger partial charge is 0.257 e. The zero-order valence-electron chi connectivity index (χ0n) is 16.2. The topological polar surface area (TPSA) is 66.0 Å². The summed E-state index contributed by atoms with van der Waals surface area (Å²) in [6.45, 7) is 9.72. The third kappa shape index (κ3) is 6.44. The number of carbonyl (C=O) groups is 1. The van der Waals surface area contributed by atoms with Crippen molar-refractivity contribution in [1.29, 1.82) is 0 Å². The van der Waals surface area contributed by atoms with Crippen molar-refractivity contribution in [2.75, 3.05) is 39.0 Å². The quantitative estimate of drug-likeness (QED) is 0.586. The third-order valence-electron chi connectivity index (χ3n) is 4.03. The molecule has 0 atom stereocenters. The molecule has 1 aliphatic rings. The van der Waals surface area contributed by atoms with Gasteiger partial charge >= 0.3 is 0 Å². The number of amides is 1. The first kappa shape index (κ1) is 20.4. The molecule has 7 heteroatoms. The van der Waals surface area contributed by atoms with Crippen molar-refractivity contribution < 1.29 is 9.53 Å². The first-order chi connectivity index (χ1) is 12.4. The number of nitrogens with one attached hydrogen (secondary N) is 2. The number of carbonyl (C=O) groups excluding carboxylic acids is 1. The molecule has 0 aliphatic carbocycles. The highest BCUT2D eigenvalue weighted by molar-refractivity contribution is 8.00. The first-order valence-electron chi connectivity index (χ1n) is 9.01. The summed E-state index contributed by atoms with van der Waals surface area (Å²) in [6, 6.07) is 7.79. The Bertz CT molecular complexity index is 634. The molecule has 0 aromatic heterocycles. The van der Waals surface area contributed by atoms with Gasteiger partial charge in [0.2, 0.25) is 0 Å². The van der Waals surface area contributed by atoms with Gasteiger partial charge in [0.1, 0.15) is 5.75 Å². The fraction of sp³-hybridized carbons (Fsp3) is 0.579. The number of likely N-dealkylation sites (N-methyl/N-ethyl adjacent to an activating group) is 1. The molecule has 0 bridgehead atoms. The molecular formula is C19H30N4O2S. The van der Waals surface area contributed by atoms with Crippen molar-refractivity contribution in [2.24, 2.45) is 4.99 Å². The van der Waals surface area contributed by atoms with Gasteiger partial charge in [0, 0.05) is 43.7 Å². The molecule has 0 radical (unpaired) electrons. The summed E-state index contributed by atoms with van der Waals surface area (Å²) < 4.78 is 5.79. The first-order valence-corrected chi connectivity index (χ1v) is 10.00. The van der Waals surface area contributed by atoms with Gasteiger partial charge in [-0.15, -0.1) is 0 Å². The van der Waals surface area contributed by atoms with Crippen LogP contribution in [-0.4, -0.2) is 60.6 Å². The predicted molar refractivity (Wildman–Crippen MR) is 109 cm³/mol. The molecular weight excluding hydrogens is 348 g/mol. The summed E-state index contributed by atoms with van der Waals surface area (Å²) in [6.07, 6.45) is 0. The molecule has 144 valence electrons. The van der Waals surface area contributed by atoms with E-state index in [4.69, 9.17) is 4.74 Å². The number of nitrogens with zero attached hydrogens (tertiary/aromatic N) is 2. The van der Waals surface area contributed by atoms with E-state index in [1.807, 2.05) is 50.0 Å². The number of aliphatic imine (C=N–C) groups is 1. The lowest BCUT2D eigenvalue weighted by Gasteiger charge is -2.39. The molecule has 26 heavy (non-hydrogen) atoms. The average molecular weight is 379 g/mol. The van der Waals surface area contributed by atoms with Gasteiger partial charge < -0.3 is 20.3 Å². The Morgan fingerprint density at radius 2 is 2.19 bits per heavy atom. The Morgan fingerprint density at radius 1 is 1.38 bits per heavy atom. The molecule has 1 aromatic carbocycles. The van der Waals surface area contributed by atoms with Gasteiger partial charge in [-0.25, -0.2) is 0 Å². The van der Waals surface area contributed by atoms with Crippen LogP contribution in [0.2, 0.25) is 0 Å². The lowest BCUT2D eigenvalue weighted by Crippen LogP contribution is -2.50. The summed E-state index contributed by atoms with van der Waals surface area (Å²) in [5, 5.41) is 6.16. The van der Waals surface area contributed by atoms with Gasteiger partial charge in [0.05, 0.1) is 0 Å². The maximum Gasteiger partial charge on any atom is 0.257 e. The second kappa shape index (κ2) is 9.71. The Labute approximate surface area is 160 Å². The monoisotopic (exact) mass is 378 g/mol. The van der Waals surface area contributed by atoms with E-state index in [0.717, 1.165) is 30.4 Å². The number of thioether (sulfide) groups is 1. The fourth-order valence-corrected chi connectivity index (χ4v) is 3.96. The molecule has 1 aliphatic heterocycles. The van der Waals surface area contributed by atoms with Crippen molar-refractivity contribution in [3.63, 3.8) is 0 Å². The Hall–Kier alpha value is -1.89. The van der Waals surface area contributed by atoms with Crippen molar-refractivity contribution in [3.05, 3.63) is 29.8 Å². The van der Waals surface area contributed by atoms with Crippen LogP contribution in [0.3, 0.4) is 0 Å². The predicted octanol–water partition coefficient (Wildman–Crippen LogP) is 2.10. The molecule has 6 nitrogen and oxygen atoms in total. The standard InChI is InChI=1S/C19H30N4O2S/c1-5-21-17(24)13-25-16-8-6-7-15(11-16)12-22-18(20-4)23-9-10-26-19(2,3)14-23/h6-8,11H,5,9-10,12-14H2,1-4H3,(H,20,22)(H,21,24). The minimum atomic E-state index is -0.109. The van der Waals surface area contributed by atoms with Gasteiger partial charge in [0.25, 0.3) is 5.91 Å². The van der Waals surface area contributed by atoms with Gasteiger partial charge in [-0.1, -0.05) is 12.1 Å². The number of ether oxygens (including phenoxy) is 1. The van der Waals surface area contributed by atoms with E-state index in [9.17, 15) is 4.79 Å². The van der Waals surface area contributed by atoms with E-state index in [-0.39, 0.29) is 17.3 Å².